The lowest BCUT2D eigenvalue weighted by atomic mass is 10.1. The topological polar surface area (TPSA) is 55.6 Å². The molecule has 100 valence electrons. The van der Waals surface area contributed by atoms with Gasteiger partial charge in [0.2, 0.25) is 0 Å². The first-order chi connectivity index (χ1) is 8.71. The number of nitrogens with two attached hydrogens (primary N) is 1. The highest BCUT2D eigenvalue weighted by atomic mass is 16.5. The first kappa shape index (κ1) is 14.7. The number of esters is 1. The molecule has 0 heterocycles. The van der Waals surface area contributed by atoms with E-state index in [-0.39, 0.29) is 5.97 Å². The Kier molecular flexibility index (Phi) is 6.39. The molecule has 18 heavy (non-hydrogen) atoms. The van der Waals surface area contributed by atoms with E-state index in [1.54, 1.807) is 0 Å². The van der Waals surface area contributed by atoms with Gasteiger partial charge in [-0.05, 0) is 17.7 Å². The van der Waals surface area contributed by atoms with E-state index in [2.05, 4.69) is 22.6 Å². The van der Waals surface area contributed by atoms with Crippen molar-refractivity contribution in [3.63, 3.8) is 0 Å². The summed E-state index contributed by atoms with van der Waals surface area (Å²) in [6.45, 7) is 5.06. The molecule has 2 N–H and O–H groups in total. The van der Waals surface area contributed by atoms with Gasteiger partial charge in [0.1, 0.15) is 0 Å². The van der Waals surface area contributed by atoms with Crippen LogP contribution in [0.15, 0.2) is 24.3 Å². The third-order valence-corrected chi connectivity index (χ3v) is 3.04. The normalized spacial score (nSPS) is 10.7. The van der Waals surface area contributed by atoms with Crippen LogP contribution in [0.4, 0.5) is 0 Å². The lowest BCUT2D eigenvalue weighted by Gasteiger charge is -2.21. The molecule has 0 radical (unpaired) electrons. The number of rotatable bonds is 7. The van der Waals surface area contributed by atoms with Crippen molar-refractivity contribution in [1.29, 1.82) is 0 Å². The molecule has 0 aromatic heterocycles. The van der Waals surface area contributed by atoms with Crippen molar-refractivity contribution in [2.45, 2.75) is 26.4 Å². The largest absolute Gasteiger partial charge is 0.469 e. The Morgan fingerprint density at radius 2 is 2.00 bits per heavy atom. The van der Waals surface area contributed by atoms with E-state index in [0.29, 0.717) is 19.5 Å². The van der Waals surface area contributed by atoms with Crippen LogP contribution in [0, 0.1) is 0 Å². The van der Waals surface area contributed by atoms with Crippen LogP contribution in [0.3, 0.4) is 0 Å². The minimum absolute atomic E-state index is 0.166. The van der Waals surface area contributed by atoms with Gasteiger partial charge in [0.15, 0.2) is 0 Å². The smallest absolute Gasteiger partial charge is 0.306 e. The Labute approximate surface area is 109 Å². The molecular formula is C14H22N2O2. The zero-order chi connectivity index (χ0) is 13.4. The quantitative estimate of drug-likeness (QED) is 0.746. The number of hydrogen-bond donors (Lipinski definition) is 1. The van der Waals surface area contributed by atoms with Crippen LogP contribution in [-0.4, -0.2) is 31.1 Å². The number of ether oxygens (including phenoxy) is 1. The first-order valence-corrected chi connectivity index (χ1v) is 6.27. The summed E-state index contributed by atoms with van der Waals surface area (Å²) in [7, 11) is 1.42. The van der Waals surface area contributed by atoms with E-state index in [1.807, 2.05) is 18.2 Å². The molecule has 0 amide bonds. The van der Waals surface area contributed by atoms with Crippen LogP contribution in [0.25, 0.3) is 0 Å². The van der Waals surface area contributed by atoms with Gasteiger partial charge < -0.3 is 10.5 Å². The minimum atomic E-state index is -0.166. The summed E-state index contributed by atoms with van der Waals surface area (Å²) >= 11 is 0. The molecule has 1 aromatic carbocycles. The monoisotopic (exact) mass is 250 g/mol. The fourth-order valence-corrected chi connectivity index (χ4v) is 1.85. The van der Waals surface area contributed by atoms with Crippen molar-refractivity contribution in [2.75, 3.05) is 20.2 Å². The van der Waals surface area contributed by atoms with Gasteiger partial charge in [-0.2, -0.15) is 0 Å². The van der Waals surface area contributed by atoms with Gasteiger partial charge in [-0.1, -0.05) is 31.2 Å². The highest BCUT2D eigenvalue weighted by Crippen LogP contribution is 2.11. The number of carbonyl (C=O) groups is 1. The SMILES string of the molecule is CCN(CCC(=O)OC)Cc1ccccc1CN. The molecule has 4 nitrogen and oxygen atoms in total. The van der Waals surface area contributed by atoms with Crippen molar-refractivity contribution in [3.05, 3.63) is 35.4 Å². The van der Waals surface area contributed by atoms with E-state index in [1.165, 1.54) is 12.7 Å². The Hall–Kier alpha value is -1.39. The maximum atomic E-state index is 11.1. The van der Waals surface area contributed by atoms with Gasteiger partial charge >= 0.3 is 5.97 Å². The zero-order valence-corrected chi connectivity index (χ0v) is 11.2. The molecule has 0 fully saturated rings. The van der Waals surface area contributed by atoms with Gasteiger partial charge in [-0.3, -0.25) is 9.69 Å². The highest BCUT2D eigenvalue weighted by Gasteiger charge is 2.09. The molecular weight excluding hydrogens is 228 g/mol. The molecule has 0 aliphatic carbocycles. The molecule has 1 aromatic rings. The van der Waals surface area contributed by atoms with Crippen LogP contribution in [0.1, 0.15) is 24.5 Å². The van der Waals surface area contributed by atoms with Crippen molar-refractivity contribution in [1.82, 2.24) is 4.90 Å². The lowest BCUT2D eigenvalue weighted by Crippen LogP contribution is -2.26. The lowest BCUT2D eigenvalue weighted by molar-refractivity contribution is -0.141. The average molecular weight is 250 g/mol. The summed E-state index contributed by atoms with van der Waals surface area (Å²) in [4.78, 5) is 13.4. The van der Waals surface area contributed by atoms with Crippen molar-refractivity contribution >= 4 is 5.97 Å². The van der Waals surface area contributed by atoms with Crippen LogP contribution < -0.4 is 5.73 Å². The van der Waals surface area contributed by atoms with E-state index in [9.17, 15) is 4.79 Å². The van der Waals surface area contributed by atoms with E-state index in [4.69, 9.17) is 5.73 Å². The number of nitrogens with zero attached hydrogens (tertiary/aromatic N) is 1. The van der Waals surface area contributed by atoms with Gasteiger partial charge in [-0.25, -0.2) is 0 Å². The molecule has 0 saturated carbocycles. The number of hydrogen-bond acceptors (Lipinski definition) is 4. The fraction of sp³-hybridized carbons (Fsp3) is 0.500. The molecule has 1 rings (SSSR count). The highest BCUT2D eigenvalue weighted by molar-refractivity contribution is 5.69. The molecule has 0 aliphatic heterocycles. The summed E-state index contributed by atoms with van der Waals surface area (Å²) in [5.74, 6) is -0.166. The molecule has 0 atom stereocenters. The molecule has 4 heteroatoms. The number of carbonyl (C=O) groups excluding carboxylic acids is 1. The van der Waals surface area contributed by atoms with Crippen LogP contribution in [-0.2, 0) is 22.6 Å². The van der Waals surface area contributed by atoms with Gasteiger partial charge in [0.25, 0.3) is 0 Å². The molecule has 0 unspecified atom stereocenters. The number of methoxy groups -OCH3 is 1. The predicted octanol–water partition coefficient (Wildman–Crippen LogP) is 1.53. The second-order valence-corrected chi connectivity index (χ2v) is 4.17. The molecule has 0 saturated heterocycles. The third-order valence-electron chi connectivity index (χ3n) is 3.04. The maximum absolute atomic E-state index is 11.1. The summed E-state index contributed by atoms with van der Waals surface area (Å²) < 4.78 is 4.65. The van der Waals surface area contributed by atoms with Crippen molar-refractivity contribution < 1.29 is 9.53 Å². The Bertz CT molecular complexity index is 380. The molecule has 0 aliphatic rings. The second-order valence-electron chi connectivity index (χ2n) is 4.17. The standard InChI is InChI=1S/C14H22N2O2/c1-3-16(9-8-14(17)18-2)11-13-7-5-4-6-12(13)10-15/h4-7H,3,8-11,15H2,1-2H3. The molecule has 0 bridgehead atoms. The molecule has 0 spiro atoms. The van der Waals surface area contributed by atoms with E-state index < -0.39 is 0 Å². The average Bonchev–Trinajstić information content (AvgIpc) is 2.43. The van der Waals surface area contributed by atoms with Crippen LogP contribution >= 0.6 is 0 Å². The Morgan fingerprint density at radius 3 is 2.56 bits per heavy atom. The number of benzene rings is 1. The second kappa shape index (κ2) is 7.84. The van der Waals surface area contributed by atoms with Crippen molar-refractivity contribution in [2.24, 2.45) is 5.73 Å². The van der Waals surface area contributed by atoms with Gasteiger partial charge in [0.05, 0.1) is 13.5 Å². The van der Waals surface area contributed by atoms with Crippen LogP contribution in [0.2, 0.25) is 0 Å². The van der Waals surface area contributed by atoms with Gasteiger partial charge in [0, 0.05) is 19.6 Å². The zero-order valence-electron chi connectivity index (χ0n) is 11.2. The summed E-state index contributed by atoms with van der Waals surface area (Å²) in [6.07, 6.45) is 0.426. The summed E-state index contributed by atoms with van der Waals surface area (Å²) in [5, 5.41) is 0. The van der Waals surface area contributed by atoms with E-state index in [0.717, 1.165) is 18.7 Å². The van der Waals surface area contributed by atoms with Crippen LogP contribution in [0.5, 0.6) is 0 Å². The maximum Gasteiger partial charge on any atom is 0.306 e. The Morgan fingerprint density at radius 1 is 1.33 bits per heavy atom. The fourth-order valence-electron chi connectivity index (χ4n) is 1.85. The summed E-state index contributed by atoms with van der Waals surface area (Å²) in [5.41, 5.74) is 8.11. The Balaban J connectivity index is 2.59. The summed E-state index contributed by atoms with van der Waals surface area (Å²) in [6, 6.07) is 8.14. The third kappa shape index (κ3) is 4.47. The minimum Gasteiger partial charge on any atom is -0.469 e. The van der Waals surface area contributed by atoms with Gasteiger partial charge in [-0.15, -0.1) is 0 Å². The first-order valence-electron chi connectivity index (χ1n) is 6.27. The van der Waals surface area contributed by atoms with E-state index >= 15 is 0 Å². The van der Waals surface area contributed by atoms with Crippen molar-refractivity contribution in [3.8, 4) is 0 Å². The predicted molar refractivity (Wildman–Crippen MR) is 71.9 cm³/mol.